The van der Waals surface area contributed by atoms with Gasteiger partial charge in [-0.05, 0) is 52.4 Å². The van der Waals surface area contributed by atoms with E-state index in [4.69, 9.17) is 0 Å². The number of allylic oxidation sites excluding steroid dienone is 5. The predicted octanol–water partition coefficient (Wildman–Crippen LogP) is 10.0. The normalized spacial score (nSPS) is 18.2. The lowest BCUT2D eigenvalue weighted by Crippen LogP contribution is -2.36. The maximum Gasteiger partial charge on any atom is 0.250 e. The molecule has 1 aromatic heterocycles. The van der Waals surface area contributed by atoms with Crippen molar-refractivity contribution in [2.24, 2.45) is 5.92 Å². The number of fused-ring (bicyclic) bond motifs is 7. The van der Waals surface area contributed by atoms with Crippen LogP contribution in [0.3, 0.4) is 0 Å². The first kappa shape index (κ1) is 25.3. The highest BCUT2D eigenvalue weighted by atomic mass is 15.5. The Labute approximate surface area is 258 Å². The summed E-state index contributed by atoms with van der Waals surface area (Å²) < 4.78 is 5.06. The van der Waals surface area contributed by atoms with Crippen LogP contribution in [-0.2, 0) is 5.41 Å². The zero-order valence-corrected chi connectivity index (χ0v) is 25.0. The van der Waals surface area contributed by atoms with E-state index in [1.54, 1.807) is 0 Å². The van der Waals surface area contributed by atoms with E-state index in [0.717, 1.165) is 6.42 Å². The molecule has 0 radical (unpaired) electrons. The van der Waals surface area contributed by atoms with Gasteiger partial charge in [-0.1, -0.05) is 140 Å². The van der Waals surface area contributed by atoms with Gasteiger partial charge in [0.25, 0.3) is 0 Å². The number of nitrogens with zero attached hydrogens (tertiary/aromatic N) is 2. The Balaban J connectivity index is 1.36. The van der Waals surface area contributed by atoms with E-state index in [1.165, 1.54) is 72.2 Å². The van der Waals surface area contributed by atoms with Gasteiger partial charge >= 0.3 is 0 Å². The number of hydrogen-bond acceptors (Lipinski definition) is 0. The summed E-state index contributed by atoms with van der Waals surface area (Å²) in [7, 11) is 0. The molecule has 1 aliphatic heterocycles. The molecule has 0 saturated carbocycles. The standard InChI is InChI=1S/C42H33N2/c1-42(2)35-22-11-9-21-34(35)40-36(42)25-24-33-32-20-10-12-23-37(32)44(41(33)40)43-38(29-16-7-4-8-17-29)27-39(43)31-19-13-18-30(26-31)28-14-5-3-6-15-28/h3-18,20-27,31H,19H2,1-2H3/q+1. The maximum atomic E-state index is 2.54. The van der Waals surface area contributed by atoms with Gasteiger partial charge in [-0.15, -0.1) is 4.68 Å². The highest BCUT2D eigenvalue weighted by Crippen LogP contribution is 2.52. The largest absolute Gasteiger partial charge is 0.250 e. The summed E-state index contributed by atoms with van der Waals surface area (Å²) in [5.74, 6) is 0.263. The van der Waals surface area contributed by atoms with Gasteiger partial charge in [-0.3, -0.25) is 0 Å². The Morgan fingerprint density at radius 1 is 0.682 bits per heavy atom. The van der Waals surface area contributed by atoms with Crippen LogP contribution >= 0.6 is 0 Å². The molecule has 1 atom stereocenters. The number of para-hydroxylation sites is 1. The van der Waals surface area contributed by atoms with E-state index in [9.17, 15) is 0 Å². The van der Waals surface area contributed by atoms with Crippen LogP contribution < -0.4 is 0 Å². The molecule has 0 bridgehead atoms. The van der Waals surface area contributed by atoms with Crippen LogP contribution in [0.15, 0.2) is 146 Å². The SMILES string of the molecule is CC1(C)c2ccccc2-c2c1ccc1c3ccccc3n([N+]3=C(C4C=C(c5ccccc5)C=CC4)C=C3c3ccccc3)c21. The predicted molar refractivity (Wildman–Crippen MR) is 184 cm³/mol. The Morgan fingerprint density at radius 3 is 2.20 bits per heavy atom. The van der Waals surface area contributed by atoms with Crippen LogP contribution in [0.5, 0.6) is 0 Å². The molecule has 2 aliphatic carbocycles. The molecule has 3 aliphatic rings. The zero-order chi connectivity index (χ0) is 29.4. The van der Waals surface area contributed by atoms with Crippen LogP contribution in [0.1, 0.15) is 42.5 Å². The van der Waals surface area contributed by atoms with Crippen molar-refractivity contribution in [3.05, 3.63) is 168 Å². The molecule has 210 valence electrons. The molecule has 2 heteroatoms. The Hall–Kier alpha value is -5.21. The number of rotatable bonds is 4. The fraction of sp³-hybridized carbons (Fsp3) is 0.119. The maximum absolute atomic E-state index is 2.54. The Bertz CT molecular complexity index is 2260. The molecule has 44 heavy (non-hydrogen) atoms. The smallest absolute Gasteiger partial charge is 0.113 e. The van der Waals surface area contributed by atoms with Crippen molar-refractivity contribution < 1.29 is 4.68 Å². The summed E-state index contributed by atoms with van der Waals surface area (Å²) in [6.45, 7) is 4.74. The number of aromatic nitrogens is 1. The third kappa shape index (κ3) is 3.51. The fourth-order valence-electron chi connectivity index (χ4n) is 7.78. The Kier molecular flexibility index (Phi) is 5.40. The van der Waals surface area contributed by atoms with Gasteiger partial charge in [0.05, 0.1) is 12.0 Å². The summed E-state index contributed by atoms with van der Waals surface area (Å²) in [5.41, 5.74) is 14.3. The molecule has 2 heterocycles. The van der Waals surface area contributed by atoms with Crippen LogP contribution in [-0.4, -0.2) is 15.1 Å². The Morgan fingerprint density at radius 2 is 1.39 bits per heavy atom. The van der Waals surface area contributed by atoms with Crippen LogP contribution in [0.25, 0.3) is 44.2 Å². The second-order valence-electron chi connectivity index (χ2n) is 12.7. The second-order valence-corrected chi connectivity index (χ2v) is 12.7. The molecule has 0 spiro atoms. The topological polar surface area (TPSA) is 7.94 Å². The lowest BCUT2D eigenvalue weighted by Gasteiger charge is -2.24. The third-order valence-corrected chi connectivity index (χ3v) is 9.94. The van der Waals surface area contributed by atoms with Crippen molar-refractivity contribution in [3.63, 3.8) is 0 Å². The number of hydrogen-bond donors (Lipinski definition) is 0. The quantitative estimate of drug-likeness (QED) is 0.188. The van der Waals surface area contributed by atoms with Crippen molar-refractivity contribution in [1.29, 1.82) is 0 Å². The first-order chi connectivity index (χ1) is 21.6. The molecule has 0 amide bonds. The summed E-state index contributed by atoms with van der Waals surface area (Å²) in [5, 5.41) is 2.59. The van der Waals surface area contributed by atoms with Gasteiger partial charge < -0.3 is 0 Å². The summed E-state index contributed by atoms with van der Waals surface area (Å²) in [6.07, 6.45) is 10.5. The van der Waals surface area contributed by atoms with E-state index < -0.39 is 0 Å². The molecular formula is C42H33N2+. The zero-order valence-electron chi connectivity index (χ0n) is 25.0. The van der Waals surface area contributed by atoms with Crippen molar-refractivity contribution >= 4 is 38.8 Å². The molecule has 2 nitrogen and oxygen atoms in total. The lowest BCUT2D eigenvalue weighted by molar-refractivity contribution is -0.497. The van der Waals surface area contributed by atoms with E-state index in [0.29, 0.717) is 0 Å². The van der Waals surface area contributed by atoms with E-state index >= 15 is 0 Å². The first-order valence-corrected chi connectivity index (χ1v) is 15.7. The van der Waals surface area contributed by atoms with Crippen LogP contribution in [0, 0.1) is 5.92 Å². The van der Waals surface area contributed by atoms with E-state index in [2.05, 4.69) is 169 Å². The molecule has 9 rings (SSSR count). The highest BCUT2D eigenvalue weighted by Gasteiger charge is 2.43. The summed E-state index contributed by atoms with van der Waals surface area (Å²) in [6, 6.07) is 44.3. The van der Waals surface area contributed by atoms with Gasteiger partial charge in [0.2, 0.25) is 11.4 Å². The summed E-state index contributed by atoms with van der Waals surface area (Å²) in [4.78, 5) is 0. The van der Waals surface area contributed by atoms with Gasteiger partial charge in [-0.2, -0.15) is 0 Å². The van der Waals surface area contributed by atoms with Crippen molar-refractivity contribution in [3.8, 4) is 11.1 Å². The van der Waals surface area contributed by atoms with Crippen molar-refractivity contribution in [1.82, 2.24) is 4.68 Å². The molecule has 5 aromatic carbocycles. The highest BCUT2D eigenvalue weighted by molar-refractivity contribution is 6.15. The minimum absolute atomic E-state index is 0.0670. The van der Waals surface area contributed by atoms with Gasteiger partial charge in [-0.25, -0.2) is 0 Å². The fourth-order valence-corrected chi connectivity index (χ4v) is 7.78. The minimum Gasteiger partial charge on any atom is -0.113 e. The average molecular weight is 566 g/mol. The molecule has 0 fully saturated rings. The van der Waals surface area contributed by atoms with Gasteiger partial charge in [0.15, 0.2) is 0 Å². The van der Waals surface area contributed by atoms with Gasteiger partial charge in [0, 0.05) is 27.3 Å². The molecular weight excluding hydrogens is 532 g/mol. The van der Waals surface area contributed by atoms with E-state index in [-0.39, 0.29) is 11.3 Å². The summed E-state index contributed by atoms with van der Waals surface area (Å²) >= 11 is 0. The van der Waals surface area contributed by atoms with Crippen molar-refractivity contribution in [2.45, 2.75) is 25.7 Å². The average Bonchev–Trinajstić information content (AvgIpc) is 3.50. The number of benzene rings is 5. The lowest BCUT2D eigenvalue weighted by atomic mass is 9.82. The molecule has 0 saturated heterocycles. The first-order valence-electron chi connectivity index (χ1n) is 15.7. The monoisotopic (exact) mass is 565 g/mol. The minimum atomic E-state index is -0.0670. The van der Waals surface area contributed by atoms with Crippen LogP contribution in [0.4, 0.5) is 0 Å². The van der Waals surface area contributed by atoms with E-state index in [1.807, 2.05) is 0 Å². The third-order valence-electron chi connectivity index (χ3n) is 9.94. The molecule has 6 aromatic rings. The van der Waals surface area contributed by atoms with Crippen LogP contribution in [0.2, 0.25) is 0 Å². The second kappa shape index (κ2) is 9.39. The van der Waals surface area contributed by atoms with Crippen molar-refractivity contribution in [2.75, 3.05) is 0 Å². The molecule has 0 N–H and O–H groups in total. The van der Waals surface area contributed by atoms with Gasteiger partial charge in [0.1, 0.15) is 11.0 Å². The molecule has 1 unspecified atom stereocenters.